The number of hydrogen-bond acceptors (Lipinski definition) is 7. The second kappa shape index (κ2) is 8.98. The van der Waals surface area contributed by atoms with Gasteiger partial charge in [-0.3, -0.25) is 0 Å². The molecular formula is C22H25ClN4O3S. The average molecular weight is 461 g/mol. The van der Waals surface area contributed by atoms with Gasteiger partial charge in [0.15, 0.2) is 12.6 Å². The minimum Gasteiger partial charge on any atom is -0.486 e. The van der Waals surface area contributed by atoms with Crippen LogP contribution in [0.4, 0.5) is 0 Å². The highest BCUT2D eigenvalue weighted by atomic mass is 35.5. The lowest BCUT2D eigenvalue weighted by atomic mass is 9.87. The molecule has 4 rings (SSSR count). The second-order valence-corrected chi connectivity index (χ2v) is 9.66. The van der Waals surface area contributed by atoms with E-state index in [1.807, 2.05) is 24.3 Å². The number of nitrogens with two attached hydrogens (primary N) is 1. The van der Waals surface area contributed by atoms with Gasteiger partial charge in [-0.15, -0.1) is 10.2 Å². The van der Waals surface area contributed by atoms with Gasteiger partial charge in [-0.05, 0) is 35.2 Å². The molecule has 0 aliphatic carbocycles. The summed E-state index contributed by atoms with van der Waals surface area (Å²) >= 11 is 7.70. The lowest BCUT2D eigenvalue weighted by Crippen LogP contribution is -2.16. The Kier molecular flexibility index (Phi) is 6.31. The average Bonchev–Trinajstić information content (AvgIpc) is 3.09. The van der Waals surface area contributed by atoms with E-state index in [2.05, 4.69) is 43.1 Å². The third-order valence-electron chi connectivity index (χ3n) is 4.93. The molecule has 1 aliphatic rings. The van der Waals surface area contributed by atoms with E-state index in [1.165, 1.54) is 22.0 Å². The van der Waals surface area contributed by atoms with Crippen molar-refractivity contribution in [3.05, 3.63) is 63.9 Å². The van der Waals surface area contributed by atoms with Gasteiger partial charge in [-0.1, -0.05) is 56.3 Å². The third-order valence-corrected chi connectivity index (χ3v) is 6.14. The molecule has 7 nitrogen and oxygen atoms in total. The molecule has 0 atom stereocenters. The Bertz CT molecular complexity index is 1060. The monoisotopic (exact) mass is 460 g/mol. The molecule has 0 fully saturated rings. The summed E-state index contributed by atoms with van der Waals surface area (Å²) in [7, 11) is 0. The number of ether oxygens (including phenoxy) is 3. The lowest BCUT2D eigenvalue weighted by Gasteiger charge is -2.20. The molecule has 0 spiro atoms. The Morgan fingerprint density at radius 1 is 1.19 bits per heavy atom. The minimum atomic E-state index is 0.0996. The van der Waals surface area contributed by atoms with Gasteiger partial charge >= 0.3 is 0 Å². The maximum atomic E-state index is 6.24. The zero-order chi connectivity index (χ0) is 22.0. The van der Waals surface area contributed by atoms with Crippen molar-refractivity contribution in [2.24, 2.45) is 0 Å². The Balaban J connectivity index is 1.39. The molecule has 31 heavy (non-hydrogen) atoms. The number of fused-ring (bicyclic) bond motifs is 1. The van der Waals surface area contributed by atoms with Gasteiger partial charge in [0.1, 0.15) is 18.1 Å². The zero-order valence-electron chi connectivity index (χ0n) is 17.7. The number of nitrogens with zero attached hydrogens (tertiary/aromatic N) is 3. The summed E-state index contributed by atoms with van der Waals surface area (Å²) in [5.41, 5.74) is 3.26. The molecule has 2 heterocycles. The number of thioether (sulfide) groups is 1. The topological polar surface area (TPSA) is 84.4 Å². The van der Waals surface area contributed by atoms with Crippen LogP contribution in [0, 0.1) is 0 Å². The highest BCUT2D eigenvalue weighted by Gasteiger charge is 2.18. The molecule has 0 radical (unpaired) electrons. The second-order valence-electron chi connectivity index (χ2n) is 8.28. The maximum absolute atomic E-state index is 6.24. The predicted molar refractivity (Wildman–Crippen MR) is 121 cm³/mol. The van der Waals surface area contributed by atoms with Gasteiger partial charge in [0.25, 0.3) is 0 Å². The van der Waals surface area contributed by atoms with Crippen molar-refractivity contribution in [2.45, 2.75) is 50.3 Å². The number of halogens is 1. The minimum absolute atomic E-state index is 0.0996. The smallest absolute Gasteiger partial charge is 0.210 e. The van der Waals surface area contributed by atoms with Crippen molar-refractivity contribution < 1.29 is 14.2 Å². The van der Waals surface area contributed by atoms with E-state index in [-0.39, 0.29) is 18.8 Å². The van der Waals surface area contributed by atoms with Gasteiger partial charge in [0.05, 0.1) is 6.61 Å². The van der Waals surface area contributed by atoms with Crippen LogP contribution in [0.25, 0.3) is 0 Å². The summed E-state index contributed by atoms with van der Waals surface area (Å²) in [5.74, 6) is 8.90. The van der Waals surface area contributed by atoms with Crippen LogP contribution in [0.5, 0.6) is 11.5 Å². The van der Waals surface area contributed by atoms with Crippen molar-refractivity contribution in [1.82, 2.24) is 14.9 Å². The molecule has 0 amide bonds. The van der Waals surface area contributed by atoms with E-state index in [0.717, 1.165) is 22.6 Å². The van der Waals surface area contributed by atoms with E-state index in [0.29, 0.717) is 28.4 Å². The lowest BCUT2D eigenvalue weighted by molar-refractivity contribution is -0.0168. The first-order valence-electron chi connectivity index (χ1n) is 9.88. The molecule has 3 aromatic rings. The molecule has 1 aliphatic heterocycles. The van der Waals surface area contributed by atoms with E-state index in [4.69, 9.17) is 31.7 Å². The Morgan fingerprint density at radius 3 is 2.71 bits per heavy atom. The van der Waals surface area contributed by atoms with Crippen LogP contribution in [-0.2, 0) is 29.1 Å². The Labute approximate surface area is 190 Å². The molecule has 0 saturated heterocycles. The van der Waals surface area contributed by atoms with Crippen molar-refractivity contribution in [3.63, 3.8) is 0 Å². The highest BCUT2D eigenvalue weighted by molar-refractivity contribution is 7.98. The molecule has 0 unspecified atom stereocenters. The number of hydrogen-bond donors (Lipinski definition) is 1. The van der Waals surface area contributed by atoms with Gasteiger partial charge in [0.2, 0.25) is 5.16 Å². The van der Waals surface area contributed by atoms with E-state index >= 15 is 0 Å². The van der Waals surface area contributed by atoms with Crippen LogP contribution in [0.2, 0.25) is 5.02 Å². The largest absolute Gasteiger partial charge is 0.486 e. The van der Waals surface area contributed by atoms with Gasteiger partial charge < -0.3 is 20.1 Å². The summed E-state index contributed by atoms with van der Waals surface area (Å²) in [4.78, 5) is 0. The van der Waals surface area contributed by atoms with Crippen LogP contribution >= 0.6 is 23.4 Å². The van der Waals surface area contributed by atoms with Gasteiger partial charge in [-0.25, -0.2) is 4.68 Å². The molecule has 9 heteroatoms. The van der Waals surface area contributed by atoms with E-state index < -0.39 is 0 Å². The van der Waals surface area contributed by atoms with E-state index in [1.54, 1.807) is 0 Å². The molecule has 0 saturated carbocycles. The summed E-state index contributed by atoms with van der Waals surface area (Å²) in [5, 5.41) is 9.59. The van der Waals surface area contributed by atoms with Crippen LogP contribution < -0.4 is 15.3 Å². The summed E-state index contributed by atoms with van der Waals surface area (Å²) in [6.45, 7) is 7.48. The van der Waals surface area contributed by atoms with E-state index in [9.17, 15) is 0 Å². The van der Waals surface area contributed by atoms with Crippen LogP contribution in [-0.4, -0.2) is 21.7 Å². The number of nitrogen functional groups attached to an aromatic ring is 1. The fourth-order valence-corrected chi connectivity index (χ4v) is 4.31. The zero-order valence-corrected chi connectivity index (χ0v) is 19.3. The fraction of sp³-hybridized carbons (Fsp3) is 0.364. The molecule has 2 N–H and O–H groups in total. The summed E-state index contributed by atoms with van der Waals surface area (Å²) in [6, 6.07) is 11.8. The first kappa shape index (κ1) is 21.8. The summed E-state index contributed by atoms with van der Waals surface area (Å²) < 4.78 is 18.3. The molecule has 0 bridgehead atoms. The molecule has 164 valence electrons. The number of aromatic nitrogens is 3. The Hall–Kier alpha value is -2.42. The van der Waals surface area contributed by atoms with Crippen molar-refractivity contribution in [1.29, 1.82) is 0 Å². The molecule has 2 aromatic carbocycles. The standard InChI is InChI=1S/C22H25ClN4O3S/c1-22(2,3)16-4-6-18(7-5-16)29-11-19-25-26-21(27(19)24)31-12-15-9-17(23)8-14-10-28-13-30-20(14)15/h4-9H,10-13,24H2,1-3H3. The summed E-state index contributed by atoms with van der Waals surface area (Å²) in [6.07, 6.45) is 0. The van der Waals surface area contributed by atoms with Crippen LogP contribution in [0.1, 0.15) is 43.3 Å². The molecular weight excluding hydrogens is 436 g/mol. The van der Waals surface area contributed by atoms with Crippen molar-refractivity contribution in [2.75, 3.05) is 12.6 Å². The third kappa shape index (κ3) is 5.08. The maximum Gasteiger partial charge on any atom is 0.210 e. The van der Waals surface area contributed by atoms with Crippen molar-refractivity contribution >= 4 is 23.4 Å². The SMILES string of the molecule is CC(C)(C)c1ccc(OCc2nnc(SCc3cc(Cl)cc4c3OCOC4)n2N)cc1. The number of rotatable bonds is 6. The first-order valence-corrected chi connectivity index (χ1v) is 11.2. The van der Waals surface area contributed by atoms with Gasteiger partial charge in [0, 0.05) is 21.9 Å². The number of benzene rings is 2. The molecule has 1 aromatic heterocycles. The predicted octanol–water partition coefficient (Wildman–Crippen LogP) is 4.68. The van der Waals surface area contributed by atoms with Crippen molar-refractivity contribution in [3.8, 4) is 11.5 Å². The fourth-order valence-electron chi connectivity index (χ4n) is 3.21. The quantitative estimate of drug-likeness (QED) is 0.422. The highest BCUT2D eigenvalue weighted by Crippen LogP contribution is 2.35. The van der Waals surface area contributed by atoms with Crippen LogP contribution in [0.15, 0.2) is 41.6 Å². The van der Waals surface area contributed by atoms with Gasteiger partial charge in [-0.2, -0.15) is 0 Å². The van der Waals surface area contributed by atoms with Crippen LogP contribution in [0.3, 0.4) is 0 Å². The normalized spacial score (nSPS) is 13.5. The Morgan fingerprint density at radius 2 is 1.97 bits per heavy atom. The first-order chi connectivity index (χ1) is 14.8.